The molecule has 11 nitrogen and oxygen atoms in total. The first-order valence-electron chi connectivity index (χ1n) is 18.3. The van der Waals surface area contributed by atoms with Gasteiger partial charge in [0, 0.05) is 31.2 Å². The Morgan fingerprint density at radius 3 is 2.63 bits per heavy atom. The first kappa shape index (κ1) is 32.7. The van der Waals surface area contributed by atoms with Gasteiger partial charge in [0.05, 0.1) is 53.5 Å². The Kier molecular flexibility index (Phi) is 8.45. The van der Waals surface area contributed by atoms with Gasteiger partial charge in [-0.2, -0.15) is 0 Å². The van der Waals surface area contributed by atoms with E-state index in [0.717, 1.165) is 23.9 Å². The van der Waals surface area contributed by atoms with Gasteiger partial charge in [-0.3, -0.25) is 14.5 Å². The maximum absolute atomic E-state index is 16.6. The maximum atomic E-state index is 16.6. The van der Waals surface area contributed by atoms with Crippen LogP contribution in [0.2, 0.25) is 0 Å². The van der Waals surface area contributed by atoms with Gasteiger partial charge >= 0.3 is 6.09 Å². The molecule has 10 unspecified atom stereocenters. The quantitative estimate of drug-likeness (QED) is 0.399. The summed E-state index contributed by atoms with van der Waals surface area (Å²) >= 11 is 0. The molecule has 3 saturated carbocycles. The number of alkyl carbamates (subject to hydrolysis) is 1. The largest absolute Gasteiger partial charge is 0.444 e. The number of carbonyl (C=O) groups excluding carboxylic acids is 3. The van der Waals surface area contributed by atoms with Crippen LogP contribution in [0.25, 0.3) is 11.0 Å². The molecular weight excluding hydrogens is 627 g/mol. The molecule has 3 aliphatic heterocycles. The van der Waals surface area contributed by atoms with Crippen LogP contribution in [0.4, 0.5) is 9.18 Å². The summed E-state index contributed by atoms with van der Waals surface area (Å²) in [7, 11) is 0. The van der Waals surface area contributed by atoms with E-state index in [1.54, 1.807) is 6.20 Å². The Balaban J connectivity index is 1.05. The lowest BCUT2D eigenvalue weighted by atomic mass is 9.64. The second kappa shape index (κ2) is 12.7. The predicted octanol–water partition coefficient (Wildman–Crippen LogP) is 4.38. The second-order valence-electron chi connectivity index (χ2n) is 16.2. The van der Waals surface area contributed by atoms with Crippen molar-refractivity contribution in [3.05, 3.63) is 41.9 Å². The number of imidazole rings is 1. The minimum atomic E-state index is -1.32. The Labute approximate surface area is 286 Å². The molecular formula is C37H49FN6O5. The van der Waals surface area contributed by atoms with Gasteiger partial charge < -0.3 is 30.0 Å². The first-order chi connectivity index (χ1) is 23.5. The zero-order valence-corrected chi connectivity index (χ0v) is 28.7. The minimum Gasteiger partial charge on any atom is -0.444 e. The molecule has 3 aliphatic carbocycles. The lowest BCUT2D eigenvalue weighted by Crippen LogP contribution is -2.73. The number of amides is 2. The topological polar surface area (TPSA) is 129 Å². The lowest BCUT2D eigenvalue weighted by molar-refractivity contribution is -0.219. The van der Waals surface area contributed by atoms with Crippen molar-refractivity contribution in [3.8, 4) is 0 Å². The number of fused-ring (bicyclic) bond motifs is 4. The van der Waals surface area contributed by atoms with Crippen molar-refractivity contribution < 1.29 is 28.2 Å². The molecule has 49 heavy (non-hydrogen) atoms. The van der Waals surface area contributed by atoms with Gasteiger partial charge in [-0.1, -0.05) is 37.8 Å². The summed E-state index contributed by atoms with van der Waals surface area (Å²) in [4.78, 5) is 52.6. The third kappa shape index (κ3) is 6.24. The average Bonchev–Trinajstić information content (AvgIpc) is 3.69. The molecule has 6 aliphatic rings. The number of rotatable bonds is 5. The van der Waals surface area contributed by atoms with Crippen LogP contribution in [-0.2, 0) is 25.6 Å². The van der Waals surface area contributed by atoms with Crippen molar-refractivity contribution in [2.24, 2.45) is 17.8 Å². The van der Waals surface area contributed by atoms with E-state index in [0.29, 0.717) is 37.2 Å². The maximum Gasteiger partial charge on any atom is 0.407 e. The van der Waals surface area contributed by atoms with Gasteiger partial charge in [0.2, 0.25) is 0 Å². The van der Waals surface area contributed by atoms with E-state index in [9.17, 15) is 14.4 Å². The molecule has 1 aromatic carbocycles. The Bertz CT molecular complexity index is 1610. The molecule has 2 aromatic rings. The molecule has 0 spiro atoms. The summed E-state index contributed by atoms with van der Waals surface area (Å²) in [6.07, 6.45) is 6.80. The molecule has 12 heteroatoms. The minimum absolute atomic E-state index is 0.0306. The first-order valence-corrected chi connectivity index (χ1v) is 18.3. The molecule has 1 aromatic heterocycles. The van der Waals surface area contributed by atoms with Crippen LogP contribution in [-0.4, -0.2) is 98.8 Å². The fourth-order valence-electron chi connectivity index (χ4n) is 9.86. The summed E-state index contributed by atoms with van der Waals surface area (Å²) in [6, 6.07) is 6.62. The number of likely N-dealkylation sites (tertiary alicyclic amines) is 1. The Morgan fingerprint density at radius 1 is 1.08 bits per heavy atom. The number of morpholine rings is 1. The number of hydrogen-bond acceptors (Lipinski definition) is 8. The number of Topliss-reactive ketones (excluding diaryl/α,β-unsaturated/α-hetero) is 1. The molecule has 0 bridgehead atoms. The van der Waals surface area contributed by atoms with Gasteiger partial charge in [-0.15, -0.1) is 0 Å². The van der Waals surface area contributed by atoms with Crippen molar-refractivity contribution in [3.63, 3.8) is 0 Å². The summed E-state index contributed by atoms with van der Waals surface area (Å²) in [6.45, 7) is 6.73. The van der Waals surface area contributed by atoms with Crippen molar-refractivity contribution in [2.75, 3.05) is 13.1 Å². The summed E-state index contributed by atoms with van der Waals surface area (Å²) in [5.74, 6) is 0.333. The molecule has 3 N–H and O–H groups in total. The normalized spacial score (nSPS) is 36.0. The third-order valence-corrected chi connectivity index (χ3v) is 11.9. The van der Waals surface area contributed by atoms with E-state index >= 15 is 4.39 Å². The summed E-state index contributed by atoms with van der Waals surface area (Å²) < 4.78 is 29.1. The lowest BCUT2D eigenvalue weighted by Gasteiger charge is -2.61. The summed E-state index contributed by atoms with van der Waals surface area (Å²) in [5.41, 5.74) is 1.17. The molecule has 5 fully saturated rings. The molecule has 10 atom stereocenters. The van der Waals surface area contributed by atoms with Crippen LogP contribution >= 0.6 is 0 Å². The zero-order chi connectivity index (χ0) is 34.0. The van der Waals surface area contributed by atoms with Gasteiger partial charge in [0.25, 0.3) is 5.91 Å². The van der Waals surface area contributed by atoms with E-state index in [-0.39, 0.29) is 48.6 Å². The number of aromatic nitrogens is 2. The van der Waals surface area contributed by atoms with E-state index in [1.165, 1.54) is 25.7 Å². The van der Waals surface area contributed by atoms with E-state index in [4.69, 9.17) is 9.47 Å². The van der Waals surface area contributed by atoms with Crippen LogP contribution in [0.1, 0.15) is 78.0 Å². The van der Waals surface area contributed by atoms with Gasteiger partial charge in [-0.05, 0) is 70.4 Å². The van der Waals surface area contributed by atoms with Gasteiger partial charge in [0.15, 0.2) is 5.78 Å². The van der Waals surface area contributed by atoms with E-state index < -0.39 is 41.8 Å². The van der Waals surface area contributed by atoms with E-state index in [1.807, 2.05) is 45.0 Å². The van der Waals surface area contributed by atoms with Crippen LogP contribution in [0.15, 0.2) is 36.0 Å². The summed E-state index contributed by atoms with van der Waals surface area (Å²) in [5, 5.41) is 5.89. The number of para-hydroxylation sites is 2. The van der Waals surface area contributed by atoms with Crippen LogP contribution in [0.5, 0.6) is 0 Å². The Hall–Kier alpha value is -3.51. The highest BCUT2D eigenvalue weighted by Crippen LogP contribution is 2.51. The number of hydrogen-bond donors (Lipinski definition) is 3. The van der Waals surface area contributed by atoms with E-state index in [2.05, 4.69) is 30.4 Å². The molecule has 8 rings (SSSR count). The molecule has 4 heterocycles. The smallest absolute Gasteiger partial charge is 0.407 e. The van der Waals surface area contributed by atoms with Crippen LogP contribution < -0.4 is 10.6 Å². The molecule has 0 radical (unpaired) electrons. The average molecular weight is 677 g/mol. The zero-order valence-electron chi connectivity index (χ0n) is 28.7. The number of carbonyl (C=O) groups is 3. The van der Waals surface area contributed by atoms with Gasteiger partial charge in [0.1, 0.15) is 17.6 Å². The van der Waals surface area contributed by atoms with Crippen molar-refractivity contribution >= 4 is 28.8 Å². The number of benzene rings is 1. The second-order valence-corrected chi connectivity index (χ2v) is 16.2. The number of ether oxygens (including phenoxy) is 2. The standard InChI is InChI=1S/C37H49FN6O5/c1-37(2,3)49-36(47)40-22-12-13-43(18-22)32-25(38)16-23-31-34(32)48-29-15-21-9-5-4-8-20(21)14-28(29)44(31)19-24(33(23)45)35(46)39-17-30-41-26-10-6-7-11-27(26)42-30/h6-7,10-11,19-23,25,28-29,31-32,34H,4-5,8-9,12-18H2,1-3H3,(H,39,46)(H,40,47)(H,41,42). The van der Waals surface area contributed by atoms with Crippen molar-refractivity contribution in [1.82, 2.24) is 30.4 Å². The van der Waals surface area contributed by atoms with Crippen molar-refractivity contribution in [2.45, 2.75) is 127 Å². The van der Waals surface area contributed by atoms with Gasteiger partial charge in [-0.25, -0.2) is 14.2 Å². The number of nitrogens with zero attached hydrogens (tertiary/aromatic N) is 3. The van der Waals surface area contributed by atoms with Crippen molar-refractivity contribution in [1.29, 1.82) is 0 Å². The number of halogens is 1. The number of H-pyrrole nitrogens is 1. The number of alkyl halides is 1. The number of ketones is 1. The Morgan fingerprint density at radius 2 is 1.86 bits per heavy atom. The highest BCUT2D eigenvalue weighted by molar-refractivity contribution is 6.20. The highest BCUT2D eigenvalue weighted by Gasteiger charge is 2.61. The third-order valence-electron chi connectivity index (χ3n) is 11.9. The molecule has 264 valence electrons. The molecule has 2 amide bonds. The monoisotopic (exact) mass is 676 g/mol. The van der Waals surface area contributed by atoms with Crippen LogP contribution in [0, 0.1) is 17.8 Å². The fourth-order valence-corrected chi connectivity index (χ4v) is 9.86. The predicted molar refractivity (Wildman–Crippen MR) is 180 cm³/mol. The highest BCUT2D eigenvalue weighted by atomic mass is 19.1. The van der Waals surface area contributed by atoms with Crippen LogP contribution in [0.3, 0.4) is 0 Å². The number of aromatic amines is 1. The molecule has 2 saturated heterocycles. The fraction of sp³-hybridized carbons (Fsp3) is 0.676. The SMILES string of the molecule is CC(C)(C)OC(=O)NC1CCN(C2C(F)CC3C(=O)C(C(=O)NCc4nc5ccccc5[nH]4)=CN4C5CC6CCCCC6CC5OC2C34)C1. The number of nitrogens with one attached hydrogen (secondary N) is 3.